The molecule has 15 heterocycles. The predicted molar refractivity (Wildman–Crippen MR) is 628 cm³/mol. The minimum absolute atomic E-state index is 0.636. The van der Waals surface area contributed by atoms with E-state index in [1.54, 1.807) is 56.7 Å². The maximum absolute atomic E-state index is 5.01. The number of hydrogen-bond donors (Lipinski definition) is 0. The summed E-state index contributed by atoms with van der Waals surface area (Å²) in [5.74, 6) is 4.29. The van der Waals surface area contributed by atoms with Gasteiger partial charge in [-0.1, -0.05) is 346 Å². The Hall–Kier alpha value is -18.7. The molecule has 30 aromatic rings. The number of nitrogens with zero attached hydrogens (tertiary/aromatic N) is 14. The number of pyridine rings is 2. The van der Waals surface area contributed by atoms with E-state index in [0.29, 0.717) is 23.5 Å². The lowest BCUT2D eigenvalue weighted by Gasteiger charge is -2.13. The summed E-state index contributed by atoms with van der Waals surface area (Å²) in [4.78, 5) is 49.8. The quantitative estimate of drug-likeness (QED) is 0.0981. The molecule has 14 nitrogen and oxygen atoms in total. The third kappa shape index (κ3) is 17.7. The molecular weight excluding hydrogens is 1930 g/mol. The Kier molecular flexibility index (Phi) is 24.8. The van der Waals surface area contributed by atoms with Gasteiger partial charge in [0.25, 0.3) is 0 Å². The van der Waals surface area contributed by atoms with Gasteiger partial charge in [-0.3, -0.25) is 23.7 Å². The molecule has 0 N–H and O–H groups in total. The zero-order chi connectivity index (χ0) is 99.6. The summed E-state index contributed by atoms with van der Waals surface area (Å²) in [6.07, 6.45) is 3.68. The third-order valence-corrected chi connectivity index (χ3v) is 31.4. The summed E-state index contributed by atoms with van der Waals surface area (Å²) in [7, 11) is 0. The maximum atomic E-state index is 5.01. The first-order valence-corrected chi connectivity index (χ1v) is 53.8. The highest BCUT2D eigenvalue weighted by molar-refractivity contribution is 7.18. The molecule has 0 amide bonds. The molecule has 710 valence electrons. The van der Waals surface area contributed by atoms with Crippen molar-refractivity contribution in [1.29, 1.82) is 0 Å². The molecule has 0 bridgehead atoms. The average Bonchev–Trinajstić information content (AvgIpc) is 1.61. The number of thiophene rings is 5. The van der Waals surface area contributed by atoms with Gasteiger partial charge in [0.2, 0.25) is 11.9 Å². The zero-order valence-electron chi connectivity index (χ0n) is 80.5. The highest BCUT2D eigenvalue weighted by atomic mass is 32.1. The molecular formula is C131H86N14S5. The molecule has 19 heteroatoms. The van der Waals surface area contributed by atoms with Crippen LogP contribution in [0.2, 0.25) is 0 Å². The summed E-state index contributed by atoms with van der Waals surface area (Å²) in [5.41, 5.74) is 26.1. The summed E-state index contributed by atoms with van der Waals surface area (Å²) < 4.78 is 11.4. The number of fused-ring (bicyclic) bond motifs is 15. The van der Waals surface area contributed by atoms with E-state index in [2.05, 4.69) is 381 Å². The lowest BCUT2D eigenvalue weighted by Crippen LogP contribution is -2.05. The minimum Gasteiger partial charge on any atom is -0.301 e. The fourth-order valence-electron chi connectivity index (χ4n) is 20.0. The van der Waals surface area contributed by atoms with E-state index in [4.69, 9.17) is 34.9 Å². The van der Waals surface area contributed by atoms with Crippen LogP contribution >= 0.6 is 56.7 Å². The van der Waals surface area contributed by atoms with Crippen molar-refractivity contribution < 1.29 is 0 Å². The molecule has 0 radical (unpaired) electrons. The predicted octanol–water partition coefficient (Wildman–Crippen LogP) is 35.5. The van der Waals surface area contributed by atoms with E-state index in [1.165, 1.54) is 112 Å². The molecule has 0 unspecified atom stereocenters. The van der Waals surface area contributed by atoms with Crippen LogP contribution in [0.1, 0.15) is 0 Å². The van der Waals surface area contributed by atoms with Gasteiger partial charge in [0.05, 0.1) is 56.1 Å². The van der Waals surface area contributed by atoms with Crippen LogP contribution in [-0.4, -0.2) is 67.7 Å². The number of benzene rings is 15. The van der Waals surface area contributed by atoms with Crippen molar-refractivity contribution in [1.82, 2.24) is 67.7 Å². The van der Waals surface area contributed by atoms with Crippen LogP contribution in [0.5, 0.6) is 0 Å². The Morgan fingerprint density at radius 3 is 0.753 bits per heavy atom. The third-order valence-electron chi connectivity index (χ3n) is 26.9. The highest BCUT2D eigenvalue weighted by Crippen LogP contribution is 2.45. The Morgan fingerprint density at radius 2 is 0.413 bits per heavy atom. The second-order valence-electron chi connectivity index (χ2n) is 36.0. The monoisotopic (exact) mass is 2010 g/mol. The molecule has 150 heavy (non-hydrogen) atoms. The van der Waals surface area contributed by atoms with E-state index >= 15 is 0 Å². The smallest absolute Gasteiger partial charge is 0.239 e. The van der Waals surface area contributed by atoms with Crippen molar-refractivity contribution >= 4 is 162 Å². The van der Waals surface area contributed by atoms with Gasteiger partial charge in [-0.25, -0.2) is 24.9 Å². The van der Waals surface area contributed by atoms with Crippen LogP contribution in [0.15, 0.2) is 519 Å². The van der Waals surface area contributed by atoms with Crippen LogP contribution in [-0.2, 0) is 0 Å². The lowest BCUT2D eigenvalue weighted by molar-refractivity contribution is 0.957. The van der Waals surface area contributed by atoms with Gasteiger partial charge in [-0.15, -0.1) is 56.7 Å². The molecule has 0 saturated carbocycles. The number of rotatable bonds is 15. The fourth-order valence-corrected chi connectivity index (χ4v) is 24.6. The van der Waals surface area contributed by atoms with Crippen LogP contribution in [0, 0.1) is 0 Å². The normalized spacial score (nSPS) is 11.3. The van der Waals surface area contributed by atoms with E-state index < -0.39 is 0 Å². The van der Waals surface area contributed by atoms with Crippen molar-refractivity contribution in [3.8, 4) is 142 Å². The first kappa shape index (κ1) is 91.2. The van der Waals surface area contributed by atoms with Crippen molar-refractivity contribution in [2.45, 2.75) is 0 Å². The summed E-state index contributed by atoms with van der Waals surface area (Å²) in [5, 5.41) is 23.3. The Labute approximate surface area is 883 Å². The van der Waals surface area contributed by atoms with Crippen LogP contribution in [0.4, 0.5) is 0 Å². The van der Waals surface area contributed by atoms with E-state index in [9.17, 15) is 0 Å². The molecule has 15 aromatic carbocycles. The number of para-hydroxylation sites is 5. The number of hydrogen-bond acceptors (Lipinski definition) is 14. The van der Waals surface area contributed by atoms with Crippen molar-refractivity contribution in [3.05, 3.63) is 519 Å². The average molecular weight is 2020 g/mol. The van der Waals surface area contributed by atoms with Gasteiger partial charge in [0.15, 0.2) is 17.5 Å². The first-order valence-electron chi connectivity index (χ1n) is 49.4. The molecule has 0 aliphatic rings. The topological polar surface area (TPSA) is 141 Å². The number of aromatic nitrogens is 14. The first-order chi connectivity index (χ1) is 74.4. The largest absolute Gasteiger partial charge is 0.301 e. The summed E-state index contributed by atoms with van der Waals surface area (Å²) in [6.45, 7) is 0. The molecule has 0 fully saturated rings. The van der Waals surface area contributed by atoms with Gasteiger partial charge < -0.3 is 9.13 Å². The van der Waals surface area contributed by atoms with Gasteiger partial charge in [0, 0.05) is 128 Å². The van der Waals surface area contributed by atoms with Gasteiger partial charge in [0.1, 0.15) is 30.0 Å². The standard InChI is InChI=1S/C28H19NS.3C26H17N3S.C25H16N4S/c1-3-9-20(10-4-1)22-17-23(21-11-5-2-6-12-21)19-24(18-22)29-27-14-8-7-13-25(27)26-15-16-30-28(26)29;1-3-9-18(10-4-1)22-17-23(19-11-5-2-6-12-19)28-26(27-22)29-24-14-8-7-13-20(24)21-15-16-30-25(21)29;1-3-9-18(10-4-1)22-17-24(28-25(27-22)19-11-5-2-6-12-19)29-23-14-8-7-13-20(23)21-15-16-30-26(21)29;1-2-10-25-21(7-1)22-11-14-30-26(22)29(25)20-16-18(23-8-3-5-12-27-23)15-19(17-20)24-9-4-6-13-28-24;1-3-9-17(10-4-1)22-26-23(18-11-5-2-6-12-18)28-25(27-22)29-21-14-8-7-13-19(21)20-15-16-30-24(20)29/h1-19H;3*1-17H;1-16H. The fraction of sp³-hybridized carbons (Fsp3) is 0. The molecule has 0 spiro atoms. The molecule has 0 aliphatic heterocycles. The van der Waals surface area contributed by atoms with E-state index in [1.807, 2.05) is 170 Å². The van der Waals surface area contributed by atoms with Crippen molar-refractivity contribution in [3.63, 3.8) is 0 Å². The summed E-state index contributed by atoms with van der Waals surface area (Å²) in [6, 6.07) is 166. The van der Waals surface area contributed by atoms with Crippen LogP contribution < -0.4 is 0 Å². The van der Waals surface area contributed by atoms with E-state index in [0.717, 1.165) is 112 Å². The van der Waals surface area contributed by atoms with Crippen LogP contribution in [0.25, 0.3) is 247 Å². The zero-order valence-corrected chi connectivity index (χ0v) is 84.5. The van der Waals surface area contributed by atoms with Gasteiger partial charge in [-0.2, -0.15) is 9.97 Å². The van der Waals surface area contributed by atoms with Crippen molar-refractivity contribution in [2.75, 3.05) is 0 Å². The van der Waals surface area contributed by atoms with Crippen LogP contribution in [0.3, 0.4) is 0 Å². The molecule has 15 aromatic heterocycles. The second kappa shape index (κ2) is 40.7. The molecule has 0 saturated heterocycles. The van der Waals surface area contributed by atoms with Gasteiger partial charge >= 0.3 is 0 Å². The molecule has 30 rings (SSSR count). The van der Waals surface area contributed by atoms with Crippen molar-refractivity contribution in [2.24, 2.45) is 0 Å². The molecule has 0 atom stereocenters. The minimum atomic E-state index is 0.636. The Morgan fingerprint density at radius 1 is 0.153 bits per heavy atom. The van der Waals surface area contributed by atoms with E-state index in [-0.39, 0.29) is 0 Å². The SMILES string of the molecule is c1ccc(-c2cc(-c3ccccc3)cc(-n3c4ccccc4c4ccsc43)c2)cc1.c1ccc(-c2cc(-c3ccccc3)nc(-n3c4ccccc4c4ccsc43)n2)cc1.c1ccc(-c2cc(-c3ccccn3)cc(-n3c4ccccc4c4ccsc43)c2)nc1.c1ccc(-c2cc(-n3c4ccccc4c4ccsc43)nc(-c3ccccc3)n2)cc1.c1ccc(-c2nc(-c3ccccc3)nc(-n3c4ccccc4c4ccsc43)n2)cc1. The van der Waals surface area contributed by atoms with Gasteiger partial charge in [-0.05, 0) is 177 Å². The Balaban J connectivity index is 0.0000000945. The maximum Gasteiger partial charge on any atom is 0.239 e. The summed E-state index contributed by atoms with van der Waals surface area (Å²) >= 11 is 8.73. The lowest BCUT2D eigenvalue weighted by atomic mass is 9.98. The second-order valence-corrected chi connectivity index (χ2v) is 40.5. The molecule has 0 aliphatic carbocycles. The highest BCUT2D eigenvalue weighted by Gasteiger charge is 2.25. The Bertz CT molecular complexity index is 8450.